The molecule has 0 fully saturated rings. The van der Waals surface area contributed by atoms with Gasteiger partial charge in [0.25, 0.3) is 0 Å². The normalized spacial score (nSPS) is 15.5. The molecule has 0 spiro atoms. The van der Waals surface area contributed by atoms with Crippen LogP contribution < -0.4 is 17.1 Å². The van der Waals surface area contributed by atoms with Gasteiger partial charge in [-0.05, 0) is 19.3 Å². The van der Waals surface area contributed by atoms with Crippen molar-refractivity contribution in [1.29, 1.82) is 0 Å². The number of hydrogen-bond acceptors (Lipinski definition) is 3. The molecule has 86 valence electrons. The van der Waals surface area contributed by atoms with Gasteiger partial charge in [0, 0.05) is 6.54 Å². The maximum Gasteiger partial charge on any atom is 0.344 e. The van der Waals surface area contributed by atoms with Crippen LogP contribution in [0.1, 0.15) is 27.2 Å². The fourth-order valence-electron chi connectivity index (χ4n) is 1.95. The summed E-state index contributed by atoms with van der Waals surface area (Å²) in [4.78, 5) is 22.9. The second-order valence-electron chi connectivity index (χ2n) is 4.49. The molecular formula is C9H18N4O2. The summed E-state index contributed by atoms with van der Waals surface area (Å²) in [5.74, 6) is 0.361. The van der Waals surface area contributed by atoms with E-state index in [9.17, 15) is 9.59 Å². The van der Waals surface area contributed by atoms with Crippen LogP contribution in [0.4, 0.5) is 0 Å². The topological polar surface area (TPSA) is 96.7 Å². The van der Waals surface area contributed by atoms with Crippen molar-refractivity contribution in [2.75, 3.05) is 6.54 Å². The van der Waals surface area contributed by atoms with Crippen molar-refractivity contribution in [3.05, 3.63) is 21.0 Å². The maximum absolute atomic E-state index is 11.4. The van der Waals surface area contributed by atoms with Crippen LogP contribution >= 0.6 is 0 Å². The highest BCUT2D eigenvalue weighted by atomic mass is 16.2. The van der Waals surface area contributed by atoms with Crippen LogP contribution in [0.25, 0.3) is 0 Å². The Balaban J connectivity index is 3.22. The molecule has 0 aromatic carbocycles. The predicted molar refractivity (Wildman–Crippen MR) is 57.8 cm³/mol. The quantitative estimate of drug-likeness (QED) is 0.635. The Morgan fingerprint density at radius 2 is 1.80 bits per heavy atom. The minimum Gasteiger partial charge on any atom is -0.328 e. The fraction of sp³-hybridized carbons (Fsp3) is 0.778. The molecule has 0 aliphatic rings. The number of rotatable bonds is 4. The zero-order valence-electron chi connectivity index (χ0n) is 9.33. The highest BCUT2D eigenvalue weighted by Crippen LogP contribution is 2.20. The summed E-state index contributed by atoms with van der Waals surface area (Å²) in [5.41, 5.74) is 4.16. The zero-order valence-corrected chi connectivity index (χ0v) is 9.33. The molecule has 6 heteroatoms. The molecule has 1 unspecified atom stereocenters. The minimum atomic E-state index is -0.626. The van der Waals surface area contributed by atoms with Crippen LogP contribution in [-0.4, -0.2) is 21.3 Å². The highest BCUT2D eigenvalue weighted by Gasteiger charge is 2.29. The first kappa shape index (κ1) is 11.8. The SMILES string of the molecule is CC(C)CC(C)(CN)n1c(=O)[nH][nH]c1=O. The third-order valence-electron chi connectivity index (χ3n) is 2.51. The van der Waals surface area contributed by atoms with E-state index < -0.39 is 16.9 Å². The monoisotopic (exact) mass is 214 g/mol. The minimum absolute atomic E-state index is 0.256. The van der Waals surface area contributed by atoms with Crippen LogP contribution in [0.3, 0.4) is 0 Å². The first-order chi connectivity index (χ1) is 6.90. The van der Waals surface area contributed by atoms with Gasteiger partial charge in [-0.3, -0.25) is 0 Å². The van der Waals surface area contributed by atoms with Crippen LogP contribution in [-0.2, 0) is 5.54 Å². The first-order valence-corrected chi connectivity index (χ1v) is 5.01. The van der Waals surface area contributed by atoms with E-state index in [1.165, 1.54) is 0 Å². The first-order valence-electron chi connectivity index (χ1n) is 5.01. The Morgan fingerprint density at radius 1 is 1.33 bits per heavy atom. The van der Waals surface area contributed by atoms with E-state index in [4.69, 9.17) is 5.73 Å². The van der Waals surface area contributed by atoms with E-state index in [0.717, 1.165) is 4.57 Å². The molecule has 6 nitrogen and oxygen atoms in total. The summed E-state index contributed by atoms with van der Waals surface area (Å²) in [6, 6.07) is 0. The molecule has 0 saturated carbocycles. The van der Waals surface area contributed by atoms with Crippen LogP contribution in [0.15, 0.2) is 9.59 Å². The summed E-state index contributed by atoms with van der Waals surface area (Å²) < 4.78 is 1.16. The molecule has 1 heterocycles. The molecule has 1 atom stereocenters. The molecule has 0 saturated heterocycles. The van der Waals surface area contributed by atoms with E-state index in [1.807, 2.05) is 20.8 Å². The van der Waals surface area contributed by atoms with Gasteiger partial charge in [0.1, 0.15) is 0 Å². The molecule has 0 aliphatic heterocycles. The van der Waals surface area contributed by atoms with Crippen LogP contribution in [0.5, 0.6) is 0 Å². The molecular weight excluding hydrogens is 196 g/mol. The number of nitrogens with zero attached hydrogens (tertiary/aromatic N) is 1. The third-order valence-corrected chi connectivity index (χ3v) is 2.51. The van der Waals surface area contributed by atoms with Gasteiger partial charge in [-0.15, -0.1) is 0 Å². The Kier molecular flexibility index (Phi) is 3.18. The van der Waals surface area contributed by atoms with Gasteiger partial charge in [0.15, 0.2) is 0 Å². The largest absolute Gasteiger partial charge is 0.344 e. The number of aromatic nitrogens is 3. The van der Waals surface area contributed by atoms with Crippen molar-refractivity contribution in [2.45, 2.75) is 32.7 Å². The smallest absolute Gasteiger partial charge is 0.328 e. The molecule has 0 bridgehead atoms. The van der Waals surface area contributed by atoms with Crippen molar-refractivity contribution >= 4 is 0 Å². The Labute approximate surface area is 87.5 Å². The fourth-order valence-corrected chi connectivity index (χ4v) is 1.95. The van der Waals surface area contributed by atoms with Gasteiger partial charge in [0.2, 0.25) is 0 Å². The average molecular weight is 214 g/mol. The van der Waals surface area contributed by atoms with Gasteiger partial charge in [0.05, 0.1) is 5.54 Å². The molecule has 1 rings (SSSR count). The number of nitrogens with two attached hydrogens (primary N) is 1. The van der Waals surface area contributed by atoms with Gasteiger partial charge in [-0.1, -0.05) is 13.8 Å². The van der Waals surface area contributed by atoms with E-state index in [2.05, 4.69) is 10.2 Å². The molecule has 0 aliphatic carbocycles. The van der Waals surface area contributed by atoms with Crippen molar-refractivity contribution in [1.82, 2.24) is 14.8 Å². The molecule has 15 heavy (non-hydrogen) atoms. The Morgan fingerprint density at radius 3 is 2.13 bits per heavy atom. The van der Waals surface area contributed by atoms with Crippen LogP contribution in [0.2, 0.25) is 0 Å². The standard InChI is InChI=1S/C9H18N4O2/c1-6(2)4-9(3,5-10)13-7(14)11-12-8(13)15/h6H,4-5,10H2,1-3H3,(H,11,14)(H,12,15). The van der Waals surface area contributed by atoms with Crippen molar-refractivity contribution in [3.8, 4) is 0 Å². The lowest BCUT2D eigenvalue weighted by atomic mass is 9.90. The Bertz CT molecular complexity index is 400. The lowest BCUT2D eigenvalue weighted by molar-refractivity contribution is 0.252. The number of H-pyrrole nitrogens is 2. The summed E-state index contributed by atoms with van der Waals surface area (Å²) in [5, 5.41) is 4.53. The molecule has 1 aromatic rings. The third kappa shape index (κ3) is 2.20. The van der Waals surface area contributed by atoms with Crippen molar-refractivity contribution < 1.29 is 0 Å². The van der Waals surface area contributed by atoms with E-state index >= 15 is 0 Å². The summed E-state index contributed by atoms with van der Waals surface area (Å²) in [6.45, 7) is 6.13. The Hall–Kier alpha value is -1.30. The van der Waals surface area contributed by atoms with E-state index in [-0.39, 0.29) is 6.54 Å². The second kappa shape index (κ2) is 4.06. The van der Waals surface area contributed by atoms with Crippen LogP contribution in [0, 0.1) is 5.92 Å². The molecule has 1 aromatic heterocycles. The second-order valence-corrected chi connectivity index (χ2v) is 4.49. The van der Waals surface area contributed by atoms with Crippen molar-refractivity contribution in [3.63, 3.8) is 0 Å². The maximum atomic E-state index is 11.4. The number of nitrogens with one attached hydrogen (secondary N) is 2. The van der Waals surface area contributed by atoms with Crippen molar-refractivity contribution in [2.24, 2.45) is 11.7 Å². The average Bonchev–Trinajstić information content (AvgIpc) is 2.45. The zero-order chi connectivity index (χ0) is 11.6. The summed E-state index contributed by atoms with van der Waals surface area (Å²) in [6.07, 6.45) is 0.685. The van der Waals surface area contributed by atoms with Gasteiger partial charge in [-0.25, -0.2) is 24.4 Å². The summed E-state index contributed by atoms with van der Waals surface area (Å²) in [7, 11) is 0. The lowest BCUT2D eigenvalue weighted by Crippen LogP contribution is -2.49. The molecule has 0 amide bonds. The highest BCUT2D eigenvalue weighted by molar-refractivity contribution is 4.87. The van der Waals surface area contributed by atoms with Gasteiger partial charge in [-0.2, -0.15) is 0 Å². The van der Waals surface area contributed by atoms with Gasteiger partial charge < -0.3 is 5.73 Å². The summed E-state index contributed by atoms with van der Waals surface area (Å²) >= 11 is 0. The number of hydrogen-bond donors (Lipinski definition) is 3. The lowest BCUT2D eigenvalue weighted by Gasteiger charge is -2.29. The number of aromatic amines is 2. The van der Waals surface area contributed by atoms with E-state index in [1.54, 1.807) is 0 Å². The van der Waals surface area contributed by atoms with E-state index in [0.29, 0.717) is 12.3 Å². The predicted octanol–water partition coefficient (Wildman–Crippen LogP) is -0.415. The van der Waals surface area contributed by atoms with Gasteiger partial charge >= 0.3 is 11.4 Å². The molecule has 0 radical (unpaired) electrons. The molecule has 4 N–H and O–H groups in total.